The molecule has 0 unspecified atom stereocenters. The van der Waals surface area contributed by atoms with Crippen molar-refractivity contribution < 1.29 is 89.3 Å². The molecule has 694 valence electrons. The normalized spacial score (nSPS) is 11.2. The number of ether oxygens (including phenoxy) is 4. The Morgan fingerprint density at radius 3 is 1.25 bits per heavy atom. The first-order valence-electron chi connectivity index (χ1n) is 38.9. The van der Waals surface area contributed by atoms with Crippen molar-refractivity contribution in [3.63, 3.8) is 0 Å². The summed E-state index contributed by atoms with van der Waals surface area (Å²) in [5.74, 6) is -2.65. The quantitative estimate of drug-likeness (QED) is 0.0159. The van der Waals surface area contributed by atoms with Crippen molar-refractivity contribution in [2.24, 2.45) is 0 Å². The molecule has 34 nitrogen and oxygen atoms in total. The summed E-state index contributed by atoms with van der Waals surface area (Å²) >= 11 is 8.62. The maximum Gasteiger partial charge on any atom is 2.00 e. The molecular weight excluding hydrogens is 1880 g/mol. The molecule has 0 atom stereocenters. The molecule has 0 spiro atoms. The van der Waals surface area contributed by atoms with E-state index in [2.05, 4.69) is 110 Å². The topological polar surface area (TPSA) is 426 Å². The number of aromatic carboxylic acids is 1. The number of aromatic nitrogens is 16. The zero-order valence-corrected chi connectivity index (χ0v) is 86.3. The minimum Gasteiger partial charge on any atom is -1.00 e. The van der Waals surface area contributed by atoms with Crippen molar-refractivity contribution in [2.75, 3.05) is 59.6 Å². The smallest absolute Gasteiger partial charge is 1.00 e. The van der Waals surface area contributed by atoms with Crippen LogP contribution in [0, 0.1) is 28.2 Å². The molecule has 10 aromatic heterocycles. The monoisotopic (exact) mass is 2010 g/mol. The van der Waals surface area contributed by atoms with Crippen LogP contribution in [0.25, 0.3) is 16.8 Å². The van der Waals surface area contributed by atoms with Crippen LogP contribution in [0.1, 0.15) is 262 Å². The van der Waals surface area contributed by atoms with Gasteiger partial charge >= 0.3 is 41.0 Å². The van der Waals surface area contributed by atoms with E-state index < -0.39 is 17.9 Å². The minimum atomic E-state index is -0.939. The fourth-order valence-corrected chi connectivity index (χ4v) is 9.79. The Balaban J connectivity index is -0.000000669. The first-order valence-corrected chi connectivity index (χ1v) is 43.7. The maximum absolute atomic E-state index is 12.5. The molecule has 10 aromatic rings. The van der Waals surface area contributed by atoms with Gasteiger partial charge in [-0.15, -0.1) is 0 Å². The van der Waals surface area contributed by atoms with Gasteiger partial charge in [-0.25, -0.2) is 19.4 Å². The molecule has 1 aliphatic heterocycles. The van der Waals surface area contributed by atoms with Crippen LogP contribution in [0.5, 0.6) is 0 Å². The van der Waals surface area contributed by atoms with Crippen molar-refractivity contribution >= 4 is 120 Å². The minimum absolute atomic E-state index is 0. The number of Topliss-reactive ketones (excluding diaryl/α,β-unsaturated/α-hetero) is 3. The zero-order chi connectivity index (χ0) is 92.9. The second kappa shape index (κ2) is 57.8. The number of ketones is 3. The number of rotatable bonds is 15. The fraction of sp³-hybridized carbons (Fsp3) is 0.512. The van der Waals surface area contributed by atoms with E-state index >= 15 is 0 Å². The largest absolute Gasteiger partial charge is 2.00 e. The molecule has 11 heterocycles. The number of carboxylic acid groups (broad SMARTS) is 2. The van der Waals surface area contributed by atoms with E-state index in [1.54, 1.807) is 143 Å². The number of aromatic amines is 2. The number of halogens is 4. The molecule has 0 aliphatic carbocycles. The van der Waals surface area contributed by atoms with E-state index in [1.807, 2.05) is 165 Å². The number of nitrogens with zero attached hydrogens (tertiary/aromatic N) is 15. The van der Waals surface area contributed by atoms with E-state index in [4.69, 9.17) is 34.1 Å². The Bertz CT molecular complexity index is 4840. The second-order valence-corrected chi connectivity index (χ2v) is 33.7. The number of hydroxylamine groups is 2. The third-order valence-corrected chi connectivity index (χ3v) is 16.7. The number of aliphatic carboxylic acids is 1. The van der Waals surface area contributed by atoms with Gasteiger partial charge in [0.05, 0.1) is 136 Å². The molecule has 1 aliphatic rings. The van der Waals surface area contributed by atoms with Crippen molar-refractivity contribution in [1.29, 1.82) is 0 Å². The van der Waals surface area contributed by atoms with Crippen LogP contribution >= 0.6 is 44.2 Å². The number of esters is 2. The van der Waals surface area contributed by atoms with Gasteiger partial charge in [-0.3, -0.25) is 61.7 Å². The molecule has 0 bridgehead atoms. The van der Waals surface area contributed by atoms with Gasteiger partial charge in [-0.05, 0) is 221 Å². The van der Waals surface area contributed by atoms with E-state index in [9.17, 15) is 38.4 Å². The second-order valence-electron chi connectivity index (χ2n) is 33.2. The van der Waals surface area contributed by atoms with Crippen LogP contribution in [-0.4, -0.2) is 223 Å². The fourth-order valence-electron chi connectivity index (χ4n) is 9.47. The average Bonchev–Trinajstić information content (AvgIpc) is 1.65. The van der Waals surface area contributed by atoms with Gasteiger partial charge in [0.2, 0.25) is 0 Å². The first-order chi connectivity index (χ1) is 56.1. The molecule has 11 rings (SSSR count). The molecule has 39 heteroatoms. The molecule has 1 fully saturated rings. The van der Waals surface area contributed by atoms with Crippen LogP contribution in [-0.2, 0) is 68.4 Å². The van der Waals surface area contributed by atoms with Gasteiger partial charge in [0.1, 0.15) is 16.9 Å². The number of nitrogens with one attached hydrogen (secondary N) is 2. The maximum atomic E-state index is 12.5. The van der Waals surface area contributed by atoms with Gasteiger partial charge < -0.3 is 78.7 Å². The van der Waals surface area contributed by atoms with Crippen LogP contribution < -0.4 is 28.7 Å². The van der Waals surface area contributed by atoms with Crippen LogP contribution in [0.4, 0.5) is 0 Å². The molecule has 1 saturated heterocycles. The van der Waals surface area contributed by atoms with Crippen molar-refractivity contribution in [1.82, 2.24) is 88.8 Å². The summed E-state index contributed by atoms with van der Waals surface area (Å²) in [6.45, 7) is 54.1. The molecule has 0 saturated carbocycles. The molecule has 0 radical (unpaired) electrons. The van der Waals surface area contributed by atoms with Crippen LogP contribution in [0.3, 0.4) is 0 Å². The zero-order valence-electron chi connectivity index (χ0n) is 78.6. The van der Waals surface area contributed by atoms with Crippen molar-refractivity contribution in [3.05, 3.63) is 191 Å². The number of carboxylic acids is 2. The average molecular weight is 2020 g/mol. The number of H-pyrrole nitrogens is 2. The Morgan fingerprint density at radius 2 is 0.904 bits per heavy atom. The Hall–Kier alpha value is -8.80. The number of hydrogen-bond donors (Lipinski definition) is 5. The Morgan fingerprint density at radius 1 is 0.528 bits per heavy atom. The number of fused-ring (bicyclic) bond motifs is 1. The summed E-state index contributed by atoms with van der Waals surface area (Å²) in [6.07, 6.45) is 29.9. The number of hydrogen-bond acceptors (Lipinski definition) is 21. The number of alkyl halides is 1. The van der Waals surface area contributed by atoms with Crippen LogP contribution in [0.2, 0.25) is 0 Å². The summed E-state index contributed by atoms with van der Waals surface area (Å²) in [6, 6.07) is 5.36. The Labute approximate surface area is 786 Å². The predicted molar refractivity (Wildman–Crippen MR) is 496 cm³/mol. The third kappa shape index (κ3) is 44.5. The summed E-state index contributed by atoms with van der Waals surface area (Å²) in [7, 11) is 4.70. The number of carbonyl (C=O) groups is 8. The number of carbonyl (C=O) groups excluding carboxylic acids is 6. The summed E-state index contributed by atoms with van der Waals surface area (Å²) in [4.78, 5) is 111. The number of aryl methyl sites for hydroxylation is 3. The molecule has 125 heavy (non-hydrogen) atoms. The summed E-state index contributed by atoms with van der Waals surface area (Å²) < 4.78 is 33.4. The van der Waals surface area contributed by atoms with Gasteiger partial charge in [-0.2, -0.15) is 30.6 Å². The van der Waals surface area contributed by atoms with Gasteiger partial charge in [-0.1, -0.05) is 15.9 Å². The summed E-state index contributed by atoms with van der Waals surface area (Å²) in [5.41, 5.74) is 8.13. The van der Waals surface area contributed by atoms with Gasteiger partial charge in [0, 0.05) is 137 Å². The molecule has 0 aromatic carbocycles. The molecule has 1 amide bonds. The standard InChI is InChI=1S/C17H23N3O3.C15H18N4O.C10H17N3O2.C9H13BrN2O.C9H14N2O.C8H12N2O2.C8H11NO2.C4H8O.C3H8O.C2H4O2.CH3.Br2.BrH.Mg.H3N/c1-6-23-16(22)14-7-12(2)9-19(14)11-15(21)13-8-18-20(10-13)17(3,4)5;1-10-5-13-14(20)17-12(9-18(13)7-10)11-6-16-19(8-11)15(2,3)4;1-10(2,3)13-7-8(6-11-13)9(14)12(4)15-5;1-9(2,3)12-6-7(5-11-12)8(13)4-10;1-7(12)8-5-10-11(6-8)9(2,3)4;1-8(2,3)10-5-6(4-9-10)7(11)12;1-3-11-8(10)7-4-6(2)5-9-7;1-2-4-5-3-1;1-3-4-2;1-2(3)4;;1-2;;;/h7-10H,6,11H2,1-5H3;5-9H,1-4H3,(H,17,20);6-7H,1-5H3;5-6H,4H2,1-3H3;5-6H,1-4H3;4-5H,1-3H3,(H,11,12);4-5,9H,3H2,1-2H3;1-4H2;3H2,1-2H3;1H3,(H,3,4);1H3;;1H;;1H3/q;;;;;;;;;;-1;;;+2;/p-1. The number of methoxy groups -OCH3 is 1. The van der Waals surface area contributed by atoms with Gasteiger partial charge in [0.15, 0.2) is 17.3 Å². The van der Waals surface area contributed by atoms with E-state index in [0.717, 1.165) is 54.7 Å². The number of amides is 1. The first kappa shape index (κ1) is 122. The Kier molecular flexibility index (Phi) is 56.7. The SMILES string of the molecule is BrBr.C1CCOC1.CC(=O)O.CC(=O)c1cnn(C(C)(C)C)c1.CC(C)(C)n1cc(C(=O)CBr)cn1.CC(C)(C)n1cc(C(=O)O)cn1.CCOC.CCOC(=O)c1cc(C)c[nH]1.CCOC(=O)c1cc(C)cn1CC(=O)c1cnn(C(C)(C)C)c1.CON(C)C(=O)c1cnn(C(C)(C)C)c1.Cc1cc2c(=O)[nH]c(-c3cnn(C(C)(C)C)c3)cn2c1.N.[Br-].[CH3-].[Mg+2]. The van der Waals surface area contributed by atoms with E-state index in [-0.39, 0.29) is 134 Å². The summed E-state index contributed by atoms with van der Waals surface area (Å²) in [5, 5.41) is 42.5. The third-order valence-electron chi connectivity index (χ3n) is 16.2. The van der Waals surface area contributed by atoms with E-state index in [0.29, 0.717) is 57.7 Å². The van der Waals surface area contributed by atoms with E-state index in [1.165, 1.54) is 37.4 Å². The molecule has 7 N–H and O–H groups in total. The predicted octanol–water partition coefficient (Wildman–Crippen LogP) is 14.0. The van der Waals surface area contributed by atoms with Gasteiger partial charge in [0.25, 0.3) is 17.4 Å². The molecular formula is C86H134Br4MgN18O16. The van der Waals surface area contributed by atoms with Crippen molar-refractivity contribution in [2.45, 2.75) is 233 Å². The van der Waals surface area contributed by atoms with Crippen LogP contribution in [0.15, 0.2) is 122 Å². The van der Waals surface area contributed by atoms with Crippen molar-refractivity contribution in [3.8, 4) is 11.3 Å².